The van der Waals surface area contributed by atoms with E-state index in [1.807, 2.05) is 0 Å². The Hall–Kier alpha value is -1.82. The zero-order valence-corrected chi connectivity index (χ0v) is 11.2. The number of H-pyrrole nitrogens is 1. The normalized spacial score (nSPS) is 15.9. The van der Waals surface area contributed by atoms with E-state index in [2.05, 4.69) is 29.3 Å². The molecule has 0 aliphatic heterocycles. The van der Waals surface area contributed by atoms with Crippen LogP contribution in [-0.2, 0) is 6.42 Å². The van der Waals surface area contributed by atoms with E-state index >= 15 is 0 Å². The Morgan fingerprint density at radius 2 is 2.16 bits per heavy atom. The van der Waals surface area contributed by atoms with E-state index in [1.165, 1.54) is 37.1 Å². The van der Waals surface area contributed by atoms with Crippen LogP contribution in [0.25, 0.3) is 11.0 Å². The number of benzene rings is 1. The molecular weight excluding hydrogens is 234 g/mol. The number of nitriles is 1. The zero-order chi connectivity index (χ0) is 13.1. The van der Waals surface area contributed by atoms with Crippen molar-refractivity contribution in [3.05, 3.63) is 29.6 Å². The number of nitrogens with zero attached hydrogens (tertiary/aromatic N) is 2. The summed E-state index contributed by atoms with van der Waals surface area (Å²) >= 11 is 0. The smallest absolute Gasteiger partial charge is 0.110 e. The summed E-state index contributed by atoms with van der Waals surface area (Å²) in [6.07, 6.45) is 7.76. The van der Waals surface area contributed by atoms with Crippen LogP contribution in [0.5, 0.6) is 0 Å². The summed E-state index contributed by atoms with van der Waals surface area (Å²) in [7, 11) is 0. The molecule has 3 nitrogen and oxygen atoms in total. The van der Waals surface area contributed by atoms with Crippen molar-refractivity contribution in [2.24, 2.45) is 0 Å². The maximum Gasteiger partial charge on any atom is 0.110 e. The zero-order valence-electron chi connectivity index (χ0n) is 11.2. The summed E-state index contributed by atoms with van der Waals surface area (Å²) in [5.74, 6) is 1.80. The highest BCUT2D eigenvalue weighted by molar-refractivity contribution is 5.76. The second-order valence-corrected chi connectivity index (χ2v) is 5.47. The van der Waals surface area contributed by atoms with Gasteiger partial charge >= 0.3 is 0 Å². The molecule has 3 rings (SSSR count). The van der Waals surface area contributed by atoms with Gasteiger partial charge in [0.25, 0.3) is 0 Å². The summed E-state index contributed by atoms with van der Waals surface area (Å²) in [4.78, 5) is 8.22. The molecule has 0 radical (unpaired) electrons. The van der Waals surface area contributed by atoms with E-state index < -0.39 is 0 Å². The highest BCUT2D eigenvalue weighted by Crippen LogP contribution is 2.33. The number of aromatic amines is 1. The largest absolute Gasteiger partial charge is 0.342 e. The highest BCUT2D eigenvalue weighted by Gasteiger charge is 2.20. The lowest BCUT2D eigenvalue weighted by atomic mass is 10.1. The van der Waals surface area contributed by atoms with Crippen molar-refractivity contribution in [2.45, 2.75) is 50.9 Å². The maximum absolute atomic E-state index is 8.57. The second kappa shape index (κ2) is 5.44. The van der Waals surface area contributed by atoms with Crippen LogP contribution in [0.3, 0.4) is 0 Å². The molecule has 1 saturated carbocycles. The first-order chi connectivity index (χ1) is 9.36. The minimum absolute atomic E-state index is 0.633. The third-order valence-corrected chi connectivity index (χ3v) is 4.06. The van der Waals surface area contributed by atoms with Crippen LogP contribution in [0.15, 0.2) is 18.2 Å². The number of rotatable bonds is 4. The van der Waals surface area contributed by atoms with Crippen molar-refractivity contribution < 1.29 is 0 Å². The molecule has 0 spiro atoms. The van der Waals surface area contributed by atoms with Crippen LogP contribution in [0.1, 0.15) is 55.8 Å². The van der Waals surface area contributed by atoms with Crippen LogP contribution in [0.4, 0.5) is 0 Å². The van der Waals surface area contributed by atoms with Crippen molar-refractivity contribution >= 4 is 11.0 Å². The minimum Gasteiger partial charge on any atom is -0.342 e. The Morgan fingerprint density at radius 1 is 1.32 bits per heavy atom. The maximum atomic E-state index is 8.57. The second-order valence-electron chi connectivity index (χ2n) is 5.47. The topological polar surface area (TPSA) is 52.5 Å². The molecule has 0 amide bonds. The molecule has 0 saturated heterocycles. The van der Waals surface area contributed by atoms with Crippen molar-refractivity contribution in [1.82, 2.24) is 9.97 Å². The van der Waals surface area contributed by atoms with Crippen molar-refractivity contribution in [3.63, 3.8) is 0 Å². The Morgan fingerprint density at radius 3 is 2.95 bits per heavy atom. The number of hydrogen-bond acceptors (Lipinski definition) is 2. The SMILES string of the molecule is N#CCCCc1ccc2nc(C3CCCC3)[nH]c2c1. The summed E-state index contributed by atoms with van der Waals surface area (Å²) in [6.45, 7) is 0. The van der Waals surface area contributed by atoms with Crippen molar-refractivity contribution in [3.8, 4) is 6.07 Å². The minimum atomic E-state index is 0.633. The highest BCUT2D eigenvalue weighted by atomic mass is 14.9. The summed E-state index contributed by atoms with van der Waals surface area (Å²) in [5.41, 5.74) is 3.52. The van der Waals surface area contributed by atoms with Gasteiger partial charge in [-0.15, -0.1) is 0 Å². The molecule has 2 aromatic rings. The third-order valence-electron chi connectivity index (χ3n) is 4.06. The first-order valence-corrected chi connectivity index (χ1v) is 7.22. The summed E-state index contributed by atoms with van der Waals surface area (Å²) < 4.78 is 0. The molecule has 1 aliphatic carbocycles. The van der Waals surface area contributed by atoms with E-state index in [4.69, 9.17) is 10.2 Å². The number of nitrogens with one attached hydrogen (secondary N) is 1. The number of hydrogen-bond donors (Lipinski definition) is 1. The predicted octanol–water partition coefficient (Wildman–Crippen LogP) is 4.07. The van der Waals surface area contributed by atoms with Gasteiger partial charge in [-0.25, -0.2) is 4.98 Å². The molecule has 0 bridgehead atoms. The van der Waals surface area contributed by atoms with Gasteiger partial charge in [-0.2, -0.15) is 5.26 Å². The number of imidazole rings is 1. The molecule has 0 unspecified atom stereocenters. The van der Waals surface area contributed by atoms with Gasteiger partial charge in [-0.3, -0.25) is 0 Å². The lowest BCUT2D eigenvalue weighted by molar-refractivity contribution is 0.681. The molecule has 0 atom stereocenters. The van der Waals surface area contributed by atoms with Gasteiger partial charge in [-0.05, 0) is 43.4 Å². The monoisotopic (exact) mass is 253 g/mol. The quantitative estimate of drug-likeness (QED) is 0.835. The number of fused-ring (bicyclic) bond motifs is 1. The molecule has 1 aromatic heterocycles. The Balaban J connectivity index is 1.80. The first kappa shape index (κ1) is 12.2. The Kier molecular flexibility index (Phi) is 3.50. The van der Waals surface area contributed by atoms with Crippen LogP contribution in [0, 0.1) is 11.3 Å². The van der Waals surface area contributed by atoms with Gasteiger partial charge < -0.3 is 4.98 Å². The van der Waals surface area contributed by atoms with Crippen LogP contribution in [-0.4, -0.2) is 9.97 Å². The van der Waals surface area contributed by atoms with Gasteiger partial charge in [0.1, 0.15) is 5.82 Å². The standard InChI is InChI=1S/C16H19N3/c17-10-4-3-5-12-8-9-14-15(11-12)19-16(18-14)13-6-1-2-7-13/h8-9,11,13H,1-7H2,(H,18,19). The van der Waals surface area contributed by atoms with Gasteiger partial charge in [0, 0.05) is 12.3 Å². The fourth-order valence-corrected chi connectivity index (χ4v) is 3.00. The number of aryl methyl sites for hydroxylation is 1. The fourth-order valence-electron chi connectivity index (χ4n) is 3.00. The molecular formula is C16H19N3. The molecule has 19 heavy (non-hydrogen) atoms. The van der Waals surface area contributed by atoms with Crippen molar-refractivity contribution in [1.29, 1.82) is 5.26 Å². The average molecular weight is 253 g/mol. The lowest BCUT2D eigenvalue weighted by Gasteiger charge is -2.02. The molecule has 1 aromatic carbocycles. The van der Waals surface area contributed by atoms with E-state index in [0.29, 0.717) is 12.3 Å². The van der Waals surface area contributed by atoms with Crippen LogP contribution >= 0.6 is 0 Å². The van der Waals surface area contributed by atoms with E-state index in [9.17, 15) is 0 Å². The molecule has 1 fully saturated rings. The summed E-state index contributed by atoms with van der Waals surface area (Å²) in [5, 5.41) is 8.57. The molecule has 1 aliphatic rings. The molecule has 98 valence electrons. The summed E-state index contributed by atoms with van der Waals surface area (Å²) in [6, 6.07) is 8.63. The molecule has 1 heterocycles. The third kappa shape index (κ3) is 2.63. The Bertz CT molecular complexity index is 600. The lowest BCUT2D eigenvalue weighted by Crippen LogP contribution is -1.93. The van der Waals surface area contributed by atoms with Crippen LogP contribution < -0.4 is 0 Å². The van der Waals surface area contributed by atoms with Gasteiger partial charge in [-0.1, -0.05) is 18.9 Å². The first-order valence-electron chi connectivity index (χ1n) is 7.22. The van der Waals surface area contributed by atoms with Crippen LogP contribution in [0.2, 0.25) is 0 Å². The number of unbranched alkanes of at least 4 members (excludes halogenated alkanes) is 1. The molecule has 3 heteroatoms. The van der Waals surface area contributed by atoms with Crippen molar-refractivity contribution in [2.75, 3.05) is 0 Å². The van der Waals surface area contributed by atoms with Gasteiger partial charge in [0.05, 0.1) is 17.1 Å². The molecule has 1 N–H and O–H groups in total. The average Bonchev–Trinajstić information content (AvgIpc) is 3.07. The predicted molar refractivity (Wildman–Crippen MR) is 75.9 cm³/mol. The van der Waals surface area contributed by atoms with Gasteiger partial charge in [0.2, 0.25) is 0 Å². The van der Waals surface area contributed by atoms with E-state index in [-0.39, 0.29) is 0 Å². The fraction of sp³-hybridized carbons (Fsp3) is 0.500. The van der Waals surface area contributed by atoms with E-state index in [1.54, 1.807) is 0 Å². The van der Waals surface area contributed by atoms with Gasteiger partial charge in [0.15, 0.2) is 0 Å². The van der Waals surface area contributed by atoms with E-state index in [0.717, 1.165) is 23.9 Å². The Labute approximate surface area is 113 Å². The number of aromatic nitrogens is 2.